The van der Waals surface area contributed by atoms with Crippen LogP contribution in [0.3, 0.4) is 0 Å². The van der Waals surface area contributed by atoms with Crippen LogP contribution >= 0.6 is 23.1 Å². The number of nitriles is 1. The highest BCUT2D eigenvalue weighted by Crippen LogP contribution is 2.36. The predicted molar refractivity (Wildman–Crippen MR) is 140 cm³/mol. The van der Waals surface area contributed by atoms with Crippen LogP contribution in [-0.4, -0.2) is 26.4 Å². The Hall–Kier alpha value is -3.09. The van der Waals surface area contributed by atoms with Crippen LogP contribution in [0.15, 0.2) is 42.1 Å². The molecule has 1 amide bonds. The Bertz CT molecular complexity index is 1220. The molecular formula is C26H29N5O2S2. The minimum Gasteiger partial charge on any atom is -0.486 e. The number of aryl methyl sites for hydroxylation is 2. The van der Waals surface area contributed by atoms with E-state index in [1.807, 2.05) is 35.8 Å². The second kappa shape index (κ2) is 12.0. The van der Waals surface area contributed by atoms with Gasteiger partial charge in [-0.2, -0.15) is 5.26 Å². The Morgan fingerprint density at radius 3 is 2.77 bits per heavy atom. The van der Waals surface area contributed by atoms with E-state index in [4.69, 9.17) is 4.74 Å². The van der Waals surface area contributed by atoms with Gasteiger partial charge in [-0.1, -0.05) is 48.4 Å². The maximum atomic E-state index is 12.8. The van der Waals surface area contributed by atoms with E-state index < -0.39 is 0 Å². The van der Waals surface area contributed by atoms with E-state index >= 15 is 0 Å². The number of carbonyl (C=O) groups excluding carboxylic acids is 1. The molecule has 0 aliphatic heterocycles. The summed E-state index contributed by atoms with van der Waals surface area (Å²) in [6.45, 7) is 6.63. The number of carbonyl (C=O) groups is 1. The van der Waals surface area contributed by atoms with Crippen molar-refractivity contribution in [2.45, 2.75) is 63.8 Å². The lowest BCUT2D eigenvalue weighted by Gasteiger charge is -2.09. The number of thiophene rings is 1. The number of nitrogens with zero attached hydrogens (tertiary/aromatic N) is 4. The highest BCUT2D eigenvalue weighted by molar-refractivity contribution is 7.99. The molecule has 0 saturated carbocycles. The van der Waals surface area contributed by atoms with Crippen LogP contribution in [-0.2, 0) is 30.8 Å². The molecule has 35 heavy (non-hydrogen) atoms. The zero-order valence-corrected chi connectivity index (χ0v) is 21.5. The van der Waals surface area contributed by atoms with Crippen LogP contribution in [0.5, 0.6) is 5.75 Å². The maximum absolute atomic E-state index is 12.8. The van der Waals surface area contributed by atoms with Crippen molar-refractivity contribution in [2.75, 3.05) is 11.1 Å². The van der Waals surface area contributed by atoms with Gasteiger partial charge in [0.1, 0.15) is 23.4 Å². The fraction of sp³-hybridized carbons (Fsp3) is 0.385. The Morgan fingerprint density at radius 2 is 2.03 bits per heavy atom. The van der Waals surface area contributed by atoms with E-state index in [9.17, 15) is 10.1 Å². The number of ether oxygens (including phenoxy) is 1. The molecule has 3 aromatic rings. The van der Waals surface area contributed by atoms with Crippen LogP contribution in [0.4, 0.5) is 5.00 Å². The topological polar surface area (TPSA) is 92.8 Å². The average Bonchev–Trinajstić information content (AvgIpc) is 3.37. The first kappa shape index (κ1) is 25.0. The Morgan fingerprint density at radius 1 is 1.26 bits per heavy atom. The fourth-order valence-corrected chi connectivity index (χ4v) is 6.07. The molecule has 2 heterocycles. The van der Waals surface area contributed by atoms with Crippen LogP contribution < -0.4 is 10.1 Å². The number of hydrogen-bond acceptors (Lipinski definition) is 7. The summed E-state index contributed by atoms with van der Waals surface area (Å²) in [7, 11) is 0. The number of aromatic nitrogens is 3. The van der Waals surface area contributed by atoms with Crippen molar-refractivity contribution in [3.63, 3.8) is 0 Å². The summed E-state index contributed by atoms with van der Waals surface area (Å²) in [5, 5.41) is 22.6. The molecule has 0 spiro atoms. The molecule has 4 rings (SSSR count). The molecule has 0 atom stereocenters. The zero-order chi connectivity index (χ0) is 24.6. The summed E-state index contributed by atoms with van der Waals surface area (Å²) in [4.78, 5) is 14.0. The number of hydrogen-bond donors (Lipinski definition) is 1. The summed E-state index contributed by atoms with van der Waals surface area (Å²) >= 11 is 2.86. The van der Waals surface area contributed by atoms with Crippen molar-refractivity contribution in [1.29, 1.82) is 5.26 Å². The standard InChI is InChI=1S/C26H29N5O2S2/c1-3-14-31-23(16-33-19-12-10-18(2)11-13-19)29-30-26(31)34-17-24(32)28-25-21(15-27)20-8-6-4-5-7-9-22(20)35-25/h3,10-13H,1,4-9,14,16-17H2,2H3,(H,28,32). The van der Waals surface area contributed by atoms with Crippen LogP contribution in [0.1, 0.15) is 53.1 Å². The van der Waals surface area contributed by atoms with Crippen molar-refractivity contribution >= 4 is 34.0 Å². The molecule has 0 fully saturated rings. The summed E-state index contributed by atoms with van der Waals surface area (Å²) < 4.78 is 7.76. The monoisotopic (exact) mass is 507 g/mol. The lowest BCUT2D eigenvalue weighted by molar-refractivity contribution is -0.113. The molecule has 7 nitrogen and oxygen atoms in total. The molecule has 1 aromatic carbocycles. The van der Waals surface area contributed by atoms with Crippen molar-refractivity contribution in [2.24, 2.45) is 0 Å². The number of thioether (sulfide) groups is 1. The van der Waals surface area contributed by atoms with Crippen molar-refractivity contribution in [3.8, 4) is 11.8 Å². The van der Waals surface area contributed by atoms with Crippen molar-refractivity contribution < 1.29 is 9.53 Å². The smallest absolute Gasteiger partial charge is 0.235 e. The molecule has 0 saturated heterocycles. The van der Waals surface area contributed by atoms with Gasteiger partial charge in [-0.05, 0) is 50.3 Å². The van der Waals surface area contributed by atoms with E-state index in [1.54, 1.807) is 17.4 Å². The van der Waals surface area contributed by atoms with E-state index in [-0.39, 0.29) is 18.3 Å². The van der Waals surface area contributed by atoms with Gasteiger partial charge in [-0.25, -0.2) is 0 Å². The summed E-state index contributed by atoms with van der Waals surface area (Å²) in [6, 6.07) is 10.2. The Balaban J connectivity index is 1.40. The SMILES string of the molecule is C=CCn1c(COc2ccc(C)cc2)nnc1SCC(=O)Nc1sc2c(c1C#N)CCCCCC2. The summed E-state index contributed by atoms with van der Waals surface area (Å²) in [5.41, 5.74) is 2.93. The number of benzene rings is 1. The molecule has 9 heteroatoms. The number of rotatable bonds is 9. The number of amides is 1. The van der Waals surface area contributed by atoms with E-state index in [0.29, 0.717) is 28.1 Å². The quantitative estimate of drug-likeness (QED) is 0.296. The van der Waals surface area contributed by atoms with Gasteiger partial charge in [0.05, 0.1) is 11.3 Å². The molecule has 1 aliphatic carbocycles. The van der Waals surface area contributed by atoms with Gasteiger partial charge in [0.25, 0.3) is 0 Å². The first-order chi connectivity index (χ1) is 17.1. The van der Waals surface area contributed by atoms with E-state index in [0.717, 1.165) is 37.0 Å². The maximum Gasteiger partial charge on any atom is 0.235 e. The van der Waals surface area contributed by atoms with Gasteiger partial charge >= 0.3 is 0 Å². The van der Waals surface area contributed by atoms with Crippen LogP contribution in [0.2, 0.25) is 0 Å². The average molecular weight is 508 g/mol. The molecule has 1 aliphatic rings. The summed E-state index contributed by atoms with van der Waals surface area (Å²) in [6.07, 6.45) is 8.31. The highest BCUT2D eigenvalue weighted by Gasteiger charge is 2.21. The number of fused-ring (bicyclic) bond motifs is 1. The number of nitrogens with one attached hydrogen (secondary N) is 1. The Kier molecular flexibility index (Phi) is 8.61. The normalized spacial score (nSPS) is 13.3. The largest absolute Gasteiger partial charge is 0.486 e. The van der Waals surface area contributed by atoms with Crippen molar-refractivity contribution in [3.05, 3.63) is 64.3 Å². The first-order valence-electron chi connectivity index (χ1n) is 11.8. The number of anilines is 1. The highest BCUT2D eigenvalue weighted by atomic mass is 32.2. The molecular weight excluding hydrogens is 478 g/mol. The third kappa shape index (κ3) is 6.32. The second-order valence-corrected chi connectivity index (χ2v) is 10.5. The zero-order valence-electron chi connectivity index (χ0n) is 19.9. The number of allylic oxidation sites excluding steroid dienone is 1. The molecule has 0 radical (unpaired) electrons. The van der Waals surface area contributed by atoms with Gasteiger partial charge in [-0.15, -0.1) is 28.1 Å². The molecule has 2 aromatic heterocycles. The van der Waals surface area contributed by atoms with Crippen LogP contribution in [0.25, 0.3) is 0 Å². The predicted octanol–water partition coefficient (Wildman–Crippen LogP) is 5.67. The van der Waals surface area contributed by atoms with Crippen molar-refractivity contribution in [1.82, 2.24) is 14.8 Å². The van der Waals surface area contributed by atoms with Gasteiger partial charge in [-0.3, -0.25) is 9.36 Å². The lowest BCUT2D eigenvalue weighted by Crippen LogP contribution is -2.15. The molecule has 0 unspecified atom stereocenters. The molecule has 0 bridgehead atoms. The third-order valence-electron chi connectivity index (χ3n) is 5.86. The van der Waals surface area contributed by atoms with Gasteiger partial charge in [0.2, 0.25) is 5.91 Å². The van der Waals surface area contributed by atoms with E-state index in [1.165, 1.54) is 35.0 Å². The second-order valence-electron chi connectivity index (χ2n) is 8.47. The van der Waals surface area contributed by atoms with Crippen LogP contribution in [0, 0.1) is 18.3 Å². The first-order valence-corrected chi connectivity index (χ1v) is 13.6. The third-order valence-corrected chi connectivity index (χ3v) is 8.04. The molecule has 1 N–H and O–H groups in total. The lowest BCUT2D eigenvalue weighted by atomic mass is 9.97. The minimum absolute atomic E-state index is 0.161. The van der Waals surface area contributed by atoms with Gasteiger partial charge in [0.15, 0.2) is 11.0 Å². The van der Waals surface area contributed by atoms with Gasteiger partial charge in [0, 0.05) is 11.4 Å². The van der Waals surface area contributed by atoms with E-state index in [2.05, 4.69) is 28.2 Å². The summed E-state index contributed by atoms with van der Waals surface area (Å²) in [5.74, 6) is 1.43. The fourth-order valence-electron chi connectivity index (χ4n) is 4.05. The molecule has 182 valence electrons. The minimum atomic E-state index is -0.161. The van der Waals surface area contributed by atoms with Gasteiger partial charge < -0.3 is 10.1 Å². The Labute approximate surface area is 214 Å².